The van der Waals surface area contributed by atoms with E-state index in [0.717, 1.165) is 25.1 Å². The van der Waals surface area contributed by atoms with Gasteiger partial charge in [-0.1, -0.05) is 6.92 Å². The first-order valence-corrected chi connectivity index (χ1v) is 5.33. The van der Waals surface area contributed by atoms with Gasteiger partial charge in [-0.15, -0.1) is 0 Å². The van der Waals surface area contributed by atoms with Crippen LogP contribution in [0.4, 0.5) is 0 Å². The predicted molar refractivity (Wildman–Crippen MR) is 53.7 cm³/mol. The molecule has 1 aliphatic heterocycles. The van der Waals surface area contributed by atoms with Gasteiger partial charge in [0.05, 0.1) is 12.6 Å². The number of carbonyl (C=O) groups is 1. The number of ketones is 1. The second-order valence-electron chi connectivity index (χ2n) is 4.31. The van der Waals surface area contributed by atoms with E-state index >= 15 is 0 Å². The summed E-state index contributed by atoms with van der Waals surface area (Å²) in [4.78, 5) is 13.3. The van der Waals surface area contributed by atoms with Crippen molar-refractivity contribution in [1.82, 2.24) is 4.90 Å². The third kappa shape index (κ3) is 1.57. The number of hydrogen-bond acceptors (Lipinski definition) is 3. The number of aliphatic hydroxyl groups is 1. The molecule has 0 aromatic heterocycles. The molecule has 2 aliphatic rings. The Kier molecular flexibility index (Phi) is 2.59. The largest absolute Gasteiger partial charge is 0.394 e. The van der Waals surface area contributed by atoms with Crippen LogP contribution in [-0.2, 0) is 4.79 Å². The normalized spacial score (nSPS) is 32.6. The minimum atomic E-state index is 0.201. The molecule has 0 saturated carbocycles. The van der Waals surface area contributed by atoms with Crippen LogP contribution in [0.25, 0.3) is 0 Å². The van der Waals surface area contributed by atoms with Crippen LogP contribution in [0.1, 0.15) is 26.2 Å². The Hall–Kier alpha value is -0.830. The van der Waals surface area contributed by atoms with E-state index in [1.165, 1.54) is 0 Å². The Bertz CT molecular complexity index is 272. The molecule has 2 unspecified atom stereocenters. The van der Waals surface area contributed by atoms with E-state index in [1.807, 2.05) is 0 Å². The third-order valence-electron chi connectivity index (χ3n) is 3.39. The molecule has 1 saturated heterocycles. The number of carbonyl (C=O) groups excluding carboxylic acids is 1. The summed E-state index contributed by atoms with van der Waals surface area (Å²) < 4.78 is 0. The lowest BCUT2D eigenvalue weighted by atomic mass is 10.0. The SMILES string of the molecule is CC1CCN(C2=CC(=O)CC2)C1CO. The zero-order chi connectivity index (χ0) is 10.1. The van der Waals surface area contributed by atoms with E-state index in [4.69, 9.17) is 0 Å². The molecule has 0 amide bonds. The maximum atomic E-state index is 11.1. The maximum Gasteiger partial charge on any atom is 0.157 e. The fourth-order valence-electron chi connectivity index (χ4n) is 2.45. The molecule has 78 valence electrons. The van der Waals surface area contributed by atoms with Crippen molar-refractivity contribution in [2.45, 2.75) is 32.2 Å². The molecule has 1 aliphatic carbocycles. The summed E-state index contributed by atoms with van der Waals surface area (Å²) >= 11 is 0. The molecule has 0 spiro atoms. The zero-order valence-electron chi connectivity index (χ0n) is 8.57. The topological polar surface area (TPSA) is 40.5 Å². The van der Waals surface area contributed by atoms with Gasteiger partial charge in [-0.3, -0.25) is 4.79 Å². The zero-order valence-corrected chi connectivity index (χ0v) is 8.57. The van der Waals surface area contributed by atoms with Crippen molar-refractivity contribution in [2.24, 2.45) is 5.92 Å². The molecule has 0 radical (unpaired) electrons. The van der Waals surface area contributed by atoms with Crippen LogP contribution >= 0.6 is 0 Å². The lowest BCUT2D eigenvalue weighted by Gasteiger charge is -2.28. The molecule has 0 aromatic rings. The van der Waals surface area contributed by atoms with Gasteiger partial charge in [0.1, 0.15) is 0 Å². The molecule has 2 atom stereocenters. The van der Waals surface area contributed by atoms with Gasteiger partial charge in [-0.05, 0) is 18.8 Å². The van der Waals surface area contributed by atoms with Crippen LogP contribution in [0.15, 0.2) is 11.8 Å². The number of likely N-dealkylation sites (tertiary alicyclic amines) is 1. The van der Waals surface area contributed by atoms with Crippen molar-refractivity contribution in [1.29, 1.82) is 0 Å². The average Bonchev–Trinajstić information content (AvgIpc) is 2.71. The Morgan fingerprint density at radius 2 is 2.36 bits per heavy atom. The number of aliphatic hydroxyl groups excluding tert-OH is 1. The van der Waals surface area contributed by atoms with Gasteiger partial charge in [0.25, 0.3) is 0 Å². The van der Waals surface area contributed by atoms with Crippen molar-refractivity contribution in [2.75, 3.05) is 13.2 Å². The Labute approximate surface area is 84.4 Å². The second-order valence-corrected chi connectivity index (χ2v) is 4.31. The Morgan fingerprint density at radius 1 is 1.57 bits per heavy atom. The lowest BCUT2D eigenvalue weighted by Crippen LogP contribution is -2.34. The van der Waals surface area contributed by atoms with Gasteiger partial charge in [0, 0.05) is 24.7 Å². The minimum absolute atomic E-state index is 0.201. The molecule has 0 aromatic carbocycles. The monoisotopic (exact) mass is 195 g/mol. The highest BCUT2D eigenvalue weighted by Crippen LogP contribution is 2.31. The van der Waals surface area contributed by atoms with Crippen molar-refractivity contribution in [3.05, 3.63) is 11.8 Å². The highest BCUT2D eigenvalue weighted by Gasteiger charge is 2.33. The van der Waals surface area contributed by atoms with Crippen molar-refractivity contribution >= 4 is 5.78 Å². The molecule has 3 heteroatoms. The van der Waals surface area contributed by atoms with Crippen LogP contribution in [0, 0.1) is 5.92 Å². The van der Waals surface area contributed by atoms with E-state index in [2.05, 4.69) is 11.8 Å². The average molecular weight is 195 g/mol. The molecule has 14 heavy (non-hydrogen) atoms. The molecule has 2 rings (SSSR count). The van der Waals surface area contributed by atoms with Crippen LogP contribution in [0.3, 0.4) is 0 Å². The van der Waals surface area contributed by atoms with Crippen molar-refractivity contribution < 1.29 is 9.90 Å². The molecule has 1 N–H and O–H groups in total. The van der Waals surface area contributed by atoms with E-state index in [0.29, 0.717) is 12.3 Å². The van der Waals surface area contributed by atoms with E-state index in [-0.39, 0.29) is 18.4 Å². The van der Waals surface area contributed by atoms with Gasteiger partial charge in [0.2, 0.25) is 0 Å². The summed E-state index contributed by atoms with van der Waals surface area (Å²) in [5.41, 5.74) is 1.14. The molecule has 0 bridgehead atoms. The van der Waals surface area contributed by atoms with Gasteiger partial charge >= 0.3 is 0 Å². The number of allylic oxidation sites excluding steroid dienone is 2. The summed E-state index contributed by atoms with van der Waals surface area (Å²) in [6, 6.07) is 0.229. The number of hydrogen-bond donors (Lipinski definition) is 1. The van der Waals surface area contributed by atoms with Gasteiger partial charge in [-0.2, -0.15) is 0 Å². The fourth-order valence-corrected chi connectivity index (χ4v) is 2.45. The summed E-state index contributed by atoms with van der Waals surface area (Å²) in [6.45, 7) is 3.36. The first kappa shape index (κ1) is 9.71. The summed E-state index contributed by atoms with van der Waals surface area (Å²) in [6.07, 6.45) is 4.39. The van der Waals surface area contributed by atoms with Crippen LogP contribution in [0.5, 0.6) is 0 Å². The third-order valence-corrected chi connectivity index (χ3v) is 3.39. The highest BCUT2D eigenvalue weighted by atomic mass is 16.3. The fraction of sp³-hybridized carbons (Fsp3) is 0.727. The quantitative estimate of drug-likeness (QED) is 0.712. The highest BCUT2D eigenvalue weighted by molar-refractivity contribution is 5.92. The van der Waals surface area contributed by atoms with E-state index in [9.17, 15) is 9.90 Å². The Morgan fingerprint density at radius 3 is 2.93 bits per heavy atom. The summed E-state index contributed by atoms with van der Waals surface area (Å²) in [5.74, 6) is 0.771. The molecule has 1 heterocycles. The smallest absolute Gasteiger partial charge is 0.157 e. The first-order chi connectivity index (χ1) is 6.72. The summed E-state index contributed by atoms with van der Waals surface area (Å²) in [5, 5.41) is 9.28. The van der Waals surface area contributed by atoms with Gasteiger partial charge < -0.3 is 10.0 Å². The van der Waals surface area contributed by atoms with Gasteiger partial charge in [-0.25, -0.2) is 0 Å². The Balaban J connectivity index is 2.11. The second kappa shape index (κ2) is 3.73. The van der Waals surface area contributed by atoms with Gasteiger partial charge in [0.15, 0.2) is 5.78 Å². The molecular weight excluding hydrogens is 178 g/mol. The van der Waals surface area contributed by atoms with E-state index in [1.54, 1.807) is 6.08 Å². The lowest BCUT2D eigenvalue weighted by molar-refractivity contribution is -0.114. The molecular formula is C11H17NO2. The maximum absolute atomic E-state index is 11.1. The van der Waals surface area contributed by atoms with Crippen LogP contribution < -0.4 is 0 Å². The predicted octanol–water partition coefficient (Wildman–Crippen LogP) is 0.936. The number of nitrogens with zero attached hydrogens (tertiary/aromatic N) is 1. The first-order valence-electron chi connectivity index (χ1n) is 5.33. The summed E-state index contributed by atoms with van der Waals surface area (Å²) in [7, 11) is 0. The van der Waals surface area contributed by atoms with E-state index < -0.39 is 0 Å². The van der Waals surface area contributed by atoms with Crippen molar-refractivity contribution in [3.63, 3.8) is 0 Å². The van der Waals surface area contributed by atoms with Crippen LogP contribution in [0.2, 0.25) is 0 Å². The minimum Gasteiger partial charge on any atom is -0.394 e. The molecule has 3 nitrogen and oxygen atoms in total. The number of rotatable bonds is 2. The standard InChI is InChI=1S/C11H17NO2/c1-8-4-5-12(11(8)7-13)9-2-3-10(14)6-9/h6,8,11,13H,2-5,7H2,1H3. The molecule has 1 fully saturated rings. The van der Waals surface area contributed by atoms with Crippen LogP contribution in [-0.4, -0.2) is 35.0 Å². The van der Waals surface area contributed by atoms with Crippen molar-refractivity contribution in [3.8, 4) is 0 Å².